The molecule has 2 aromatic rings. The van der Waals surface area contributed by atoms with Gasteiger partial charge in [0.2, 0.25) is 5.91 Å². The van der Waals surface area contributed by atoms with E-state index in [1.165, 1.54) is 0 Å². The summed E-state index contributed by atoms with van der Waals surface area (Å²) in [4.78, 5) is 22.5. The molecule has 1 amide bonds. The maximum Gasteiger partial charge on any atom is 0.222 e. The number of likely N-dealkylation sites (tertiary alicyclic amines) is 1. The highest BCUT2D eigenvalue weighted by Gasteiger charge is 2.26. The molecule has 0 aliphatic carbocycles. The maximum atomic E-state index is 12.5. The highest BCUT2D eigenvalue weighted by Crippen LogP contribution is 2.26. The fourth-order valence-electron chi connectivity index (χ4n) is 3.32. The van der Waals surface area contributed by atoms with E-state index in [4.69, 9.17) is 0 Å². The van der Waals surface area contributed by atoms with Gasteiger partial charge in [0.05, 0.1) is 5.69 Å². The number of amides is 1. The molecule has 2 heterocycles. The van der Waals surface area contributed by atoms with Gasteiger partial charge < -0.3 is 15.0 Å². The quantitative estimate of drug-likeness (QED) is 0.907. The molecule has 1 aromatic carbocycles. The lowest BCUT2D eigenvalue weighted by molar-refractivity contribution is -0.132. The second-order valence-electron chi connectivity index (χ2n) is 6.68. The molecule has 0 spiro atoms. The van der Waals surface area contributed by atoms with Gasteiger partial charge in [0.25, 0.3) is 0 Å². The summed E-state index contributed by atoms with van der Waals surface area (Å²) in [5.74, 6) is 1.75. The van der Waals surface area contributed by atoms with Gasteiger partial charge in [-0.1, -0.05) is 12.1 Å². The largest absolute Gasteiger partial charge is 0.508 e. The second kappa shape index (κ2) is 7.07. The van der Waals surface area contributed by atoms with Gasteiger partial charge >= 0.3 is 0 Å². The van der Waals surface area contributed by atoms with Crippen molar-refractivity contribution in [3.63, 3.8) is 0 Å². The number of piperidine rings is 1. The third kappa shape index (κ3) is 3.78. The van der Waals surface area contributed by atoms with E-state index in [0.717, 1.165) is 48.7 Å². The third-order valence-corrected chi connectivity index (χ3v) is 4.85. The smallest absolute Gasteiger partial charge is 0.222 e. The summed E-state index contributed by atoms with van der Waals surface area (Å²) in [5.41, 5.74) is 3.14. The van der Waals surface area contributed by atoms with E-state index in [0.29, 0.717) is 18.8 Å². The van der Waals surface area contributed by atoms with Crippen LogP contribution >= 0.6 is 0 Å². The Morgan fingerprint density at radius 3 is 2.96 bits per heavy atom. The Hall–Kier alpha value is -2.30. The first-order valence-corrected chi connectivity index (χ1v) is 8.61. The van der Waals surface area contributed by atoms with E-state index >= 15 is 0 Å². The number of benzene rings is 1. The zero-order chi connectivity index (χ0) is 17.1. The van der Waals surface area contributed by atoms with Gasteiger partial charge in [-0.15, -0.1) is 0 Å². The first kappa shape index (κ1) is 16.6. The normalized spacial score (nSPS) is 17.9. The van der Waals surface area contributed by atoms with E-state index in [2.05, 4.69) is 9.97 Å². The second-order valence-corrected chi connectivity index (χ2v) is 6.68. The summed E-state index contributed by atoms with van der Waals surface area (Å²) in [6.45, 7) is 5.61. The highest BCUT2D eigenvalue weighted by atomic mass is 16.3. The molecule has 0 radical (unpaired) electrons. The Balaban J connectivity index is 1.58. The van der Waals surface area contributed by atoms with Crippen LogP contribution in [0.5, 0.6) is 5.75 Å². The predicted molar refractivity (Wildman–Crippen MR) is 93.0 cm³/mol. The molecule has 0 saturated carbocycles. The van der Waals surface area contributed by atoms with E-state index in [9.17, 15) is 9.90 Å². The number of carbonyl (C=O) groups excluding carboxylic acids is 1. The number of nitrogens with one attached hydrogen (secondary N) is 1. The molecule has 0 bridgehead atoms. The Morgan fingerprint density at radius 2 is 2.25 bits per heavy atom. The third-order valence-electron chi connectivity index (χ3n) is 4.85. The van der Waals surface area contributed by atoms with Crippen molar-refractivity contribution in [2.75, 3.05) is 13.1 Å². The molecule has 1 unspecified atom stereocenters. The molecule has 128 valence electrons. The van der Waals surface area contributed by atoms with Crippen LogP contribution in [0.15, 0.2) is 24.3 Å². The average Bonchev–Trinajstić information content (AvgIpc) is 2.92. The molecular weight excluding hydrogens is 302 g/mol. The SMILES string of the molecule is Cc1nc(C2CCCN(C(=O)CCc3cccc(O)c3)C2)[nH]c1C. The Labute approximate surface area is 142 Å². The average molecular weight is 327 g/mol. The topological polar surface area (TPSA) is 69.2 Å². The molecule has 5 heteroatoms. The van der Waals surface area contributed by atoms with Crippen molar-refractivity contribution in [3.8, 4) is 5.75 Å². The van der Waals surface area contributed by atoms with Crippen LogP contribution in [-0.2, 0) is 11.2 Å². The van der Waals surface area contributed by atoms with Crippen LogP contribution in [0.2, 0.25) is 0 Å². The summed E-state index contributed by atoms with van der Waals surface area (Å²) in [5, 5.41) is 9.51. The van der Waals surface area contributed by atoms with Crippen LogP contribution in [0.1, 0.15) is 48.0 Å². The van der Waals surface area contributed by atoms with Crippen molar-refractivity contribution >= 4 is 5.91 Å². The van der Waals surface area contributed by atoms with E-state index < -0.39 is 0 Å². The van der Waals surface area contributed by atoms with E-state index in [1.54, 1.807) is 12.1 Å². The highest BCUT2D eigenvalue weighted by molar-refractivity contribution is 5.76. The minimum Gasteiger partial charge on any atom is -0.508 e. The van der Waals surface area contributed by atoms with Gasteiger partial charge in [0, 0.05) is 31.1 Å². The van der Waals surface area contributed by atoms with Gasteiger partial charge in [-0.25, -0.2) is 4.98 Å². The molecular formula is C19H25N3O2. The standard InChI is InChI=1S/C19H25N3O2/c1-13-14(2)21-19(20-13)16-6-4-10-22(12-16)18(24)9-8-15-5-3-7-17(23)11-15/h3,5,7,11,16,23H,4,6,8-10,12H2,1-2H3,(H,20,21). The number of aryl methyl sites for hydroxylation is 3. The fraction of sp³-hybridized carbons (Fsp3) is 0.474. The van der Waals surface area contributed by atoms with Crippen molar-refractivity contribution in [1.82, 2.24) is 14.9 Å². The van der Waals surface area contributed by atoms with E-state index in [-0.39, 0.29) is 11.7 Å². The number of imidazole rings is 1. The number of phenolic OH excluding ortho intramolecular Hbond substituents is 1. The van der Waals surface area contributed by atoms with Gasteiger partial charge in [-0.2, -0.15) is 0 Å². The summed E-state index contributed by atoms with van der Waals surface area (Å²) < 4.78 is 0. The van der Waals surface area contributed by atoms with Gasteiger partial charge in [0.15, 0.2) is 0 Å². The molecule has 1 atom stereocenters. The van der Waals surface area contributed by atoms with Crippen molar-refractivity contribution in [1.29, 1.82) is 0 Å². The molecule has 1 aromatic heterocycles. The van der Waals surface area contributed by atoms with Crippen LogP contribution in [-0.4, -0.2) is 39.0 Å². The first-order valence-electron chi connectivity index (χ1n) is 8.61. The molecule has 1 saturated heterocycles. The summed E-state index contributed by atoms with van der Waals surface area (Å²) in [6.07, 6.45) is 3.23. The number of H-pyrrole nitrogens is 1. The van der Waals surface area contributed by atoms with Crippen molar-refractivity contribution in [2.45, 2.75) is 45.4 Å². The van der Waals surface area contributed by atoms with Gasteiger partial charge in [-0.05, 0) is 50.8 Å². The van der Waals surface area contributed by atoms with Gasteiger partial charge in [0.1, 0.15) is 11.6 Å². The van der Waals surface area contributed by atoms with Gasteiger partial charge in [-0.3, -0.25) is 4.79 Å². The monoisotopic (exact) mass is 327 g/mol. The Bertz CT molecular complexity index is 704. The molecule has 2 N–H and O–H groups in total. The summed E-state index contributed by atoms with van der Waals surface area (Å²) in [6, 6.07) is 7.13. The predicted octanol–water partition coefficient (Wildman–Crippen LogP) is 3.07. The lowest BCUT2D eigenvalue weighted by Gasteiger charge is -2.32. The van der Waals surface area contributed by atoms with Crippen LogP contribution < -0.4 is 0 Å². The van der Waals surface area contributed by atoms with Crippen LogP contribution in [0, 0.1) is 13.8 Å². The molecule has 1 fully saturated rings. The Morgan fingerprint density at radius 1 is 1.42 bits per heavy atom. The number of aromatic amines is 1. The number of hydrogen-bond donors (Lipinski definition) is 2. The minimum absolute atomic E-state index is 0.183. The lowest BCUT2D eigenvalue weighted by atomic mass is 9.96. The number of rotatable bonds is 4. The number of nitrogens with zero attached hydrogens (tertiary/aromatic N) is 2. The summed E-state index contributed by atoms with van der Waals surface area (Å²) >= 11 is 0. The summed E-state index contributed by atoms with van der Waals surface area (Å²) in [7, 11) is 0. The van der Waals surface area contributed by atoms with Crippen LogP contribution in [0.25, 0.3) is 0 Å². The first-order chi connectivity index (χ1) is 11.5. The zero-order valence-corrected chi connectivity index (χ0v) is 14.4. The zero-order valence-electron chi connectivity index (χ0n) is 14.4. The molecule has 3 rings (SSSR count). The fourth-order valence-corrected chi connectivity index (χ4v) is 3.32. The molecule has 5 nitrogen and oxygen atoms in total. The number of hydrogen-bond acceptors (Lipinski definition) is 3. The molecule has 24 heavy (non-hydrogen) atoms. The lowest BCUT2D eigenvalue weighted by Crippen LogP contribution is -2.39. The number of aromatic nitrogens is 2. The number of phenols is 1. The minimum atomic E-state index is 0.183. The van der Waals surface area contributed by atoms with Crippen LogP contribution in [0.4, 0.5) is 0 Å². The van der Waals surface area contributed by atoms with Crippen LogP contribution in [0.3, 0.4) is 0 Å². The number of aromatic hydroxyl groups is 1. The number of carbonyl (C=O) groups is 1. The Kier molecular flexibility index (Phi) is 4.88. The maximum absolute atomic E-state index is 12.5. The molecule has 1 aliphatic heterocycles. The van der Waals surface area contributed by atoms with E-state index in [1.807, 2.05) is 30.9 Å². The van der Waals surface area contributed by atoms with Crippen molar-refractivity contribution < 1.29 is 9.90 Å². The molecule has 1 aliphatic rings. The van der Waals surface area contributed by atoms with Crippen molar-refractivity contribution in [3.05, 3.63) is 47.0 Å². The van der Waals surface area contributed by atoms with Crippen molar-refractivity contribution in [2.24, 2.45) is 0 Å².